The molecule has 1 aliphatic rings. The molecule has 1 aromatic heterocycles. The maximum atomic E-state index is 14.6. The minimum atomic E-state index is -3.92. The summed E-state index contributed by atoms with van der Waals surface area (Å²) in [5.41, 5.74) is 0.644. The summed E-state index contributed by atoms with van der Waals surface area (Å²) >= 11 is 7.13. The van der Waals surface area contributed by atoms with E-state index in [2.05, 4.69) is 4.72 Å². The molecule has 2 heterocycles. The number of sulfonamides is 1. The van der Waals surface area contributed by atoms with E-state index in [1.165, 1.54) is 33.3 Å². The second kappa shape index (κ2) is 9.07. The number of carbonyl (C=O) groups excluding carboxylic acids is 2. The van der Waals surface area contributed by atoms with Gasteiger partial charge in [-0.15, -0.1) is 11.3 Å². The quantitative estimate of drug-likeness (QED) is 0.680. The van der Waals surface area contributed by atoms with Gasteiger partial charge in [0.2, 0.25) is 15.9 Å². The number of benzene rings is 1. The lowest BCUT2D eigenvalue weighted by molar-refractivity contribution is -0.118. The number of amides is 2. The molecule has 0 spiro atoms. The van der Waals surface area contributed by atoms with Crippen molar-refractivity contribution in [1.82, 2.24) is 9.62 Å². The first-order valence-corrected chi connectivity index (χ1v) is 12.0. The molecule has 1 aliphatic heterocycles. The van der Waals surface area contributed by atoms with Gasteiger partial charge < -0.3 is 9.80 Å². The van der Waals surface area contributed by atoms with Crippen LogP contribution in [-0.2, 0) is 14.8 Å². The van der Waals surface area contributed by atoms with Crippen LogP contribution in [0.15, 0.2) is 35.7 Å². The summed E-state index contributed by atoms with van der Waals surface area (Å²) in [4.78, 5) is 27.9. The zero-order valence-corrected chi connectivity index (χ0v) is 19.4. The van der Waals surface area contributed by atoms with E-state index in [1.54, 1.807) is 33.2 Å². The van der Waals surface area contributed by atoms with Crippen molar-refractivity contribution in [3.05, 3.63) is 56.3 Å². The first-order valence-electron chi connectivity index (χ1n) is 9.27. The van der Waals surface area contributed by atoms with Gasteiger partial charge in [0.1, 0.15) is 11.9 Å². The number of carbonyl (C=O) groups is 2. The fourth-order valence-electron chi connectivity index (χ4n) is 3.19. The van der Waals surface area contributed by atoms with Gasteiger partial charge >= 0.3 is 0 Å². The van der Waals surface area contributed by atoms with Crippen LogP contribution in [0.5, 0.6) is 0 Å². The number of thiophene rings is 1. The van der Waals surface area contributed by atoms with Crippen LogP contribution in [-0.4, -0.2) is 51.8 Å². The summed E-state index contributed by atoms with van der Waals surface area (Å²) in [6.45, 7) is 1.78. The Labute approximate surface area is 189 Å². The van der Waals surface area contributed by atoms with Gasteiger partial charge in [-0.2, -0.15) is 4.72 Å². The highest BCUT2D eigenvalue weighted by Gasteiger charge is 2.36. The summed E-state index contributed by atoms with van der Waals surface area (Å²) in [7, 11) is -0.812. The smallest absolute Gasteiger partial charge is 0.253 e. The molecule has 1 N–H and O–H groups in total. The molecule has 1 aromatic carbocycles. The average Bonchev–Trinajstić information content (AvgIpc) is 3.27. The molecule has 3 rings (SSSR count). The molecule has 31 heavy (non-hydrogen) atoms. The van der Waals surface area contributed by atoms with Crippen LogP contribution in [0.2, 0.25) is 4.34 Å². The van der Waals surface area contributed by atoms with Crippen molar-refractivity contribution in [1.29, 1.82) is 0 Å². The number of allylic oxidation sites excluding steroid dienone is 1. The van der Waals surface area contributed by atoms with E-state index in [0.717, 1.165) is 11.5 Å². The maximum absolute atomic E-state index is 14.6. The normalized spacial score (nSPS) is 17.3. The highest BCUT2D eigenvalue weighted by Crippen LogP contribution is 2.29. The summed E-state index contributed by atoms with van der Waals surface area (Å²) in [6, 6.07) is 6.23. The van der Waals surface area contributed by atoms with Gasteiger partial charge in [0, 0.05) is 31.1 Å². The summed E-state index contributed by atoms with van der Waals surface area (Å²) in [6.07, 6.45) is 0.188. The molecular formula is C20H21ClFN3O4S2. The SMILES string of the molecule is C/C(=C\S(=O)(=O)N[C@H]1CCN(c2ccc(C(=O)N(C)C)cc2F)C1=O)c1ccc(Cl)s1. The minimum Gasteiger partial charge on any atom is -0.345 e. The van der Waals surface area contributed by atoms with Crippen LogP contribution in [0.25, 0.3) is 5.57 Å². The fraction of sp³-hybridized carbons (Fsp3) is 0.300. The number of halogens is 2. The van der Waals surface area contributed by atoms with E-state index in [1.807, 2.05) is 0 Å². The van der Waals surface area contributed by atoms with E-state index >= 15 is 0 Å². The molecule has 2 amide bonds. The van der Waals surface area contributed by atoms with E-state index < -0.39 is 27.8 Å². The molecule has 2 aromatic rings. The molecule has 1 atom stereocenters. The molecule has 0 saturated carbocycles. The van der Waals surface area contributed by atoms with Crippen molar-refractivity contribution < 1.29 is 22.4 Å². The highest BCUT2D eigenvalue weighted by atomic mass is 35.5. The lowest BCUT2D eigenvalue weighted by atomic mass is 10.1. The lowest BCUT2D eigenvalue weighted by Crippen LogP contribution is -2.41. The molecule has 0 radical (unpaired) electrons. The summed E-state index contributed by atoms with van der Waals surface area (Å²) < 4.78 is 42.5. The molecule has 0 aliphatic carbocycles. The van der Waals surface area contributed by atoms with Crippen LogP contribution in [0.3, 0.4) is 0 Å². The van der Waals surface area contributed by atoms with Crippen LogP contribution in [0, 0.1) is 5.82 Å². The molecule has 0 bridgehead atoms. The number of nitrogens with one attached hydrogen (secondary N) is 1. The van der Waals surface area contributed by atoms with Gasteiger partial charge in [-0.1, -0.05) is 11.6 Å². The molecule has 7 nitrogen and oxygen atoms in total. The third-order valence-electron chi connectivity index (χ3n) is 4.70. The van der Waals surface area contributed by atoms with Crippen molar-refractivity contribution in [2.75, 3.05) is 25.5 Å². The number of hydrogen-bond acceptors (Lipinski definition) is 5. The number of hydrogen-bond donors (Lipinski definition) is 1. The Morgan fingerprint density at radius 3 is 2.61 bits per heavy atom. The molecule has 1 saturated heterocycles. The third-order valence-corrected chi connectivity index (χ3v) is 7.34. The van der Waals surface area contributed by atoms with Crippen LogP contribution < -0.4 is 9.62 Å². The van der Waals surface area contributed by atoms with Gasteiger partial charge in [-0.25, -0.2) is 12.8 Å². The molecule has 0 unspecified atom stereocenters. The second-order valence-electron chi connectivity index (χ2n) is 7.26. The lowest BCUT2D eigenvalue weighted by Gasteiger charge is -2.19. The van der Waals surface area contributed by atoms with E-state index in [0.29, 0.717) is 14.8 Å². The monoisotopic (exact) mass is 485 g/mol. The van der Waals surface area contributed by atoms with Gasteiger partial charge in [-0.3, -0.25) is 9.59 Å². The Morgan fingerprint density at radius 1 is 1.32 bits per heavy atom. The zero-order valence-electron chi connectivity index (χ0n) is 17.1. The predicted octanol–water partition coefficient (Wildman–Crippen LogP) is 3.33. The van der Waals surface area contributed by atoms with Crippen LogP contribution >= 0.6 is 22.9 Å². The van der Waals surface area contributed by atoms with Gasteiger partial charge in [0.05, 0.1) is 15.4 Å². The minimum absolute atomic E-state index is 0.00181. The van der Waals surface area contributed by atoms with Crippen molar-refractivity contribution in [2.24, 2.45) is 0 Å². The average molecular weight is 486 g/mol. The molecule has 1 fully saturated rings. The fourth-order valence-corrected chi connectivity index (χ4v) is 5.56. The Morgan fingerprint density at radius 2 is 2.03 bits per heavy atom. The van der Waals surface area contributed by atoms with Gasteiger partial charge in [0.15, 0.2) is 0 Å². The topological polar surface area (TPSA) is 86.8 Å². The third kappa shape index (κ3) is 5.32. The van der Waals surface area contributed by atoms with Crippen molar-refractivity contribution in [2.45, 2.75) is 19.4 Å². The number of nitrogens with zero attached hydrogens (tertiary/aromatic N) is 2. The second-order valence-corrected chi connectivity index (χ2v) is 10.5. The van der Waals surface area contributed by atoms with Gasteiger partial charge in [0.25, 0.3) is 5.91 Å². The maximum Gasteiger partial charge on any atom is 0.253 e. The van der Waals surface area contributed by atoms with Gasteiger partial charge in [-0.05, 0) is 49.2 Å². The Kier molecular flexibility index (Phi) is 6.85. The molecular weight excluding hydrogens is 465 g/mol. The Balaban J connectivity index is 1.75. The van der Waals surface area contributed by atoms with Crippen molar-refractivity contribution >= 4 is 56.0 Å². The highest BCUT2D eigenvalue weighted by molar-refractivity contribution is 7.92. The largest absolute Gasteiger partial charge is 0.345 e. The number of anilines is 1. The summed E-state index contributed by atoms with van der Waals surface area (Å²) in [5.74, 6) is -1.65. The van der Waals surface area contributed by atoms with Crippen molar-refractivity contribution in [3.63, 3.8) is 0 Å². The zero-order chi connectivity index (χ0) is 22.9. The molecule has 166 valence electrons. The standard InChI is InChI=1S/C20H21ClFN3O4S2/c1-12(17-6-7-18(21)30-17)11-31(28,29)23-15-8-9-25(20(15)27)16-5-4-13(10-14(16)22)19(26)24(2)3/h4-7,10-11,15,23H,8-9H2,1-3H3/b12-11+/t15-/m0/s1. The van der Waals surface area contributed by atoms with E-state index in [4.69, 9.17) is 11.6 Å². The van der Waals surface area contributed by atoms with E-state index in [-0.39, 0.29) is 30.1 Å². The predicted molar refractivity (Wildman–Crippen MR) is 120 cm³/mol. The van der Waals surface area contributed by atoms with E-state index in [9.17, 15) is 22.4 Å². The van der Waals surface area contributed by atoms with Crippen molar-refractivity contribution in [3.8, 4) is 0 Å². The Hall–Kier alpha value is -2.27. The first-order chi connectivity index (χ1) is 14.5. The van der Waals surface area contributed by atoms with Crippen LogP contribution in [0.4, 0.5) is 10.1 Å². The number of rotatable bonds is 6. The summed E-state index contributed by atoms with van der Waals surface area (Å²) in [5, 5.41) is 1.05. The van der Waals surface area contributed by atoms with Crippen LogP contribution in [0.1, 0.15) is 28.6 Å². The Bertz CT molecular complexity index is 1160. The first kappa shape index (κ1) is 23.4. The molecule has 11 heteroatoms.